The van der Waals surface area contributed by atoms with Gasteiger partial charge in [0, 0.05) is 6.08 Å². The molecule has 242 valence electrons. The van der Waals surface area contributed by atoms with Gasteiger partial charge in [-0.3, -0.25) is 0 Å². The van der Waals surface area contributed by atoms with E-state index in [9.17, 15) is 50.8 Å². The lowest BCUT2D eigenvalue weighted by atomic mass is 9.98. The van der Waals surface area contributed by atoms with Crippen LogP contribution in [-0.4, -0.2) is 127 Å². The van der Waals surface area contributed by atoms with Crippen molar-refractivity contribution in [1.82, 2.24) is 0 Å². The van der Waals surface area contributed by atoms with Gasteiger partial charge in [-0.05, 0) is 54.8 Å². The predicted octanol–water partition coefficient (Wildman–Crippen LogP) is -1.02. The number of rotatable bonds is 10. The summed E-state index contributed by atoms with van der Waals surface area (Å²) < 4.78 is 27.8. The first-order chi connectivity index (χ1) is 20.8. The third-order valence-corrected chi connectivity index (χ3v) is 7.25. The van der Waals surface area contributed by atoms with E-state index in [-0.39, 0.29) is 30.3 Å². The van der Waals surface area contributed by atoms with Crippen molar-refractivity contribution in [2.24, 2.45) is 0 Å². The Kier molecular flexibility index (Phi) is 11.0. The van der Waals surface area contributed by atoms with Gasteiger partial charge in [0.25, 0.3) is 0 Å². The van der Waals surface area contributed by atoms with E-state index < -0.39 is 79.7 Å². The highest BCUT2D eigenvalue weighted by Gasteiger charge is 2.49. The number of aromatic hydroxyl groups is 4. The summed E-state index contributed by atoms with van der Waals surface area (Å²) in [5, 5.41) is 90.2. The largest absolute Gasteiger partial charge is 0.504 e. The van der Waals surface area contributed by atoms with Gasteiger partial charge in [0.05, 0.1) is 19.3 Å². The standard InChI is InChI=1S/C29H36O15/c1-13-22(35)24(37)26(39)28(42-13)41-12-20-23(36)25(38)27(44-21(34)7-4-14-2-5-16(30)18(32)10-14)29(43-20)40-9-8-15-3-6-17(31)19(33)11-15/h2-7,10-11,13,20,22-33,35-39H,8-9,12H2,1H3/t13-,20+,22-,23+,24+,25-,26+,27+,28+,29+/m0/s1. The summed E-state index contributed by atoms with van der Waals surface area (Å²) in [6.07, 6.45) is -12.1. The number of benzene rings is 2. The smallest absolute Gasteiger partial charge is 0.331 e. The monoisotopic (exact) mass is 624 g/mol. The van der Waals surface area contributed by atoms with Gasteiger partial charge < -0.3 is 69.6 Å². The molecular formula is C29H36O15. The van der Waals surface area contributed by atoms with E-state index in [1.807, 2.05) is 0 Å². The van der Waals surface area contributed by atoms with E-state index in [4.69, 9.17) is 23.7 Å². The van der Waals surface area contributed by atoms with E-state index in [1.54, 1.807) is 6.07 Å². The lowest BCUT2D eigenvalue weighted by Crippen LogP contribution is -2.62. The molecule has 2 fully saturated rings. The van der Waals surface area contributed by atoms with Crippen molar-refractivity contribution in [2.75, 3.05) is 13.2 Å². The number of aliphatic hydroxyl groups is 5. The first-order valence-electron chi connectivity index (χ1n) is 13.7. The summed E-state index contributed by atoms with van der Waals surface area (Å²) in [5.41, 5.74) is 0.919. The van der Waals surface area contributed by atoms with E-state index >= 15 is 0 Å². The van der Waals surface area contributed by atoms with Crippen molar-refractivity contribution in [3.63, 3.8) is 0 Å². The number of hydrogen-bond acceptors (Lipinski definition) is 15. The van der Waals surface area contributed by atoms with Crippen LogP contribution in [0.3, 0.4) is 0 Å². The van der Waals surface area contributed by atoms with E-state index in [2.05, 4.69) is 0 Å². The van der Waals surface area contributed by atoms with Crippen molar-refractivity contribution in [3.8, 4) is 23.0 Å². The summed E-state index contributed by atoms with van der Waals surface area (Å²) >= 11 is 0. The van der Waals surface area contributed by atoms with Crippen LogP contribution in [0.4, 0.5) is 0 Å². The van der Waals surface area contributed by atoms with Gasteiger partial charge in [0.1, 0.15) is 36.6 Å². The zero-order valence-electron chi connectivity index (χ0n) is 23.5. The Morgan fingerprint density at radius 3 is 2.14 bits per heavy atom. The van der Waals surface area contributed by atoms with Crippen LogP contribution in [0.15, 0.2) is 42.5 Å². The van der Waals surface area contributed by atoms with Crippen LogP contribution in [-0.2, 0) is 34.9 Å². The molecule has 15 nitrogen and oxygen atoms in total. The second-order valence-electron chi connectivity index (χ2n) is 10.5. The Labute approximate surface area is 251 Å². The zero-order valence-corrected chi connectivity index (χ0v) is 23.5. The van der Waals surface area contributed by atoms with Crippen LogP contribution in [0.5, 0.6) is 23.0 Å². The molecule has 2 aliphatic rings. The minimum absolute atomic E-state index is 0.0893. The molecule has 0 spiro atoms. The number of hydrogen-bond donors (Lipinski definition) is 9. The predicted molar refractivity (Wildman–Crippen MR) is 147 cm³/mol. The van der Waals surface area contributed by atoms with E-state index in [0.717, 1.165) is 6.08 Å². The maximum absolute atomic E-state index is 12.6. The Balaban J connectivity index is 1.45. The highest BCUT2D eigenvalue weighted by Crippen LogP contribution is 2.29. The summed E-state index contributed by atoms with van der Waals surface area (Å²) in [6, 6.07) is 8.00. The van der Waals surface area contributed by atoms with Crippen molar-refractivity contribution < 1.29 is 74.4 Å². The van der Waals surface area contributed by atoms with E-state index in [1.165, 1.54) is 43.3 Å². The molecule has 0 bridgehead atoms. The van der Waals surface area contributed by atoms with Crippen molar-refractivity contribution in [2.45, 2.75) is 74.8 Å². The average molecular weight is 625 g/mol. The van der Waals surface area contributed by atoms with Gasteiger partial charge in [0.15, 0.2) is 41.7 Å². The van der Waals surface area contributed by atoms with Crippen LogP contribution in [0.2, 0.25) is 0 Å². The molecule has 15 heteroatoms. The molecule has 0 aromatic heterocycles. The SMILES string of the molecule is C[C@@H]1O[C@@H](OC[C@H]2O[C@@H](OCCc3ccc(O)c(O)c3)[C@H](OC(=O)C=Cc3ccc(O)c(O)c3)[C@@H](O)[C@@H]2O)[C@H](O)[C@H](O)[C@H]1O. The zero-order chi connectivity index (χ0) is 32.1. The molecule has 10 atom stereocenters. The fourth-order valence-corrected chi connectivity index (χ4v) is 4.64. The summed E-state index contributed by atoms with van der Waals surface area (Å²) in [7, 11) is 0. The molecule has 0 aliphatic carbocycles. The minimum Gasteiger partial charge on any atom is -0.504 e. The van der Waals surface area contributed by atoms with Crippen molar-refractivity contribution in [1.29, 1.82) is 0 Å². The molecule has 0 radical (unpaired) electrons. The molecule has 4 rings (SSSR count). The van der Waals surface area contributed by atoms with Gasteiger partial charge in [-0.1, -0.05) is 12.1 Å². The Bertz CT molecular complexity index is 1300. The minimum atomic E-state index is -1.75. The van der Waals surface area contributed by atoms with Gasteiger partial charge in [0.2, 0.25) is 0 Å². The topological polar surface area (TPSA) is 245 Å². The van der Waals surface area contributed by atoms with Crippen LogP contribution in [0, 0.1) is 0 Å². The Morgan fingerprint density at radius 2 is 1.45 bits per heavy atom. The summed E-state index contributed by atoms with van der Waals surface area (Å²) in [6.45, 7) is 0.890. The number of phenolic OH excluding ortho intramolecular Hbond substituents is 4. The number of carbonyl (C=O) groups is 1. The number of carbonyl (C=O) groups excluding carboxylic acids is 1. The second-order valence-corrected chi connectivity index (χ2v) is 10.5. The highest BCUT2D eigenvalue weighted by molar-refractivity contribution is 5.87. The number of phenols is 4. The number of aliphatic hydroxyl groups excluding tert-OH is 5. The van der Waals surface area contributed by atoms with Crippen LogP contribution < -0.4 is 0 Å². The Morgan fingerprint density at radius 1 is 0.773 bits per heavy atom. The first kappa shape index (κ1) is 33.4. The summed E-state index contributed by atoms with van der Waals surface area (Å²) in [4.78, 5) is 12.6. The lowest BCUT2D eigenvalue weighted by Gasteiger charge is -2.43. The van der Waals surface area contributed by atoms with Crippen molar-refractivity contribution >= 4 is 12.0 Å². The lowest BCUT2D eigenvalue weighted by molar-refractivity contribution is -0.328. The van der Waals surface area contributed by atoms with Gasteiger partial charge in [-0.25, -0.2) is 4.79 Å². The van der Waals surface area contributed by atoms with E-state index in [0.29, 0.717) is 11.1 Å². The van der Waals surface area contributed by atoms with Crippen LogP contribution >= 0.6 is 0 Å². The number of esters is 1. The Hall–Kier alpha value is -3.51. The maximum Gasteiger partial charge on any atom is 0.331 e. The van der Waals surface area contributed by atoms with Crippen LogP contribution in [0.25, 0.3) is 6.08 Å². The third kappa shape index (κ3) is 7.95. The normalized spacial score (nSPS) is 32.5. The quantitative estimate of drug-likeness (QED) is 0.0873. The third-order valence-electron chi connectivity index (χ3n) is 7.25. The van der Waals surface area contributed by atoms with Gasteiger partial charge >= 0.3 is 5.97 Å². The molecule has 0 unspecified atom stereocenters. The number of ether oxygens (including phenoxy) is 5. The molecule has 2 aromatic rings. The summed E-state index contributed by atoms with van der Waals surface area (Å²) in [5.74, 6) is -2.38. The van der Waals surface area contributed by atoms with Crippen molar-refractivity contribution in [3.05, 3.63) is 53.6 Å². The van der Waals surface area contributed by atoms with Gasteiger partial charge in [-0.15, -0.1) is 0 Å². The molecule has 2 saturated heterocycles. The molecule has 2 heterocycles. The van der Waals surface area contributed by atoms with Gasteiger partial charge in [-0.2, -0.15) is 0 Å². The maximum atomic E-state index is 12.6. The first-order valence-corrected chi connectivity index (χ1v) is 13.7. The van der Waals surface area contributed by atoms with Crippen LogP contribution in [0.1, 0.15) is 18.1 Å². The molecule has 0 amide bonds. The average Bonchev–Trinajstić information content (AvgIpc) is 2.99. The molecule has 0 saturated carbocycles. The molecular weight excluding hydrogens is 588 g/mol. The molecule has 44 heavy (non-hydrogen) atoms. The molecule has 2 aromatic carbocycles. The fraction of sp³-hybridized carbons (Fsp3) is 0.483. The molecule has 9 N–H and O–H groups in total. The second kappa shape index (κ2) is 14.5. The highest BCUT2D eigenvalue weighted by atomic mass is 16.7. The fourth-order valence-electron chi connectivity index (χ4n) is 4.64. The molecule has 2 aliphatic heterocycles.